The van der Waals surface area contributed by atoms with E-state index in [9.17, 15) is 22.8 Å². The van der Waals surface area contributed by atoms with Crippen LogP contribution < -0.4 is 0 Å². The summed E-state index contributed by atoms with van der Waals surface area (Å²) in [5.74, 6) is -0.600. The molecule has 1 amide bonds. The summed E-state index contributed by atoms with van der Waals surface area (Å²) in [7, 11) is 0. The first-order valence-corrected chi connectivity index (χ1v) is 7.84. The number of benzene rings is 1. The molecule has 0 saturated carbocycles. The fourth-order valence-electron chi connectivity index (χ4n) is 2.88. The maximum atomic E-state index is 13.0. The van der Waals surface area contributed by atoms with Crippen LogP contribution in [0.4, 0.5) is 13.2 Å². The van der Waals surface area contributed by atoms with Crippen LogP contribution in [0.25, 0.3) is 0 Å². The molecule has 0 aliphatic carbocycles. The Labute approximate surface area is 133 Å². The topological polar surface area (TPSA) is 37.4 Å². The molecule has 23 heavy (non-hydrogen) atoms. The fourth-order valence-corrected chi connectivity index (χ4v) is 2.88. The third-order valence-electron chi connectivity index (χ3n) is 4.09. The van der Waals surface area contributed by atoms with Gasteiger partial charge in [0.05, 0.1) is 0 Å². The number of piperidine rings is 1. The van der Waals surface area contributed by atoms with Crippen LogP contribution in [0.1, 0.15) is 48.9 Å². The zero-order valence-electron chi connectivity index (χ0n) is 12.8. The Morgan fingerprint density at radius 1 is 1.09 bits per heavy atom. The number of ketones is 1. The number of Topliss-reactive ketones (excluding diaryl/α,β-unsaturated/α-hetero) is 1. The van der Waals surface area contributed by atoms with Gasteiger partial charge in [0.2, 0.25) is 5.91 Å². The molecule has 1 atom stereocenters. The number of carbonyl (C=O) groups is 2. The van der Waals surface area contributed by atoms with E-state index in [1.54, 1.807) is 30.3 Å². The summed E-state index contributed by atoms with van der Waals surface area (Å²) in [6.45, 7) is 0.148. The van der Waals surface area contributed by atoms with E-state index in [0.29, 0.717) is 18.4 Å². The number of likely N-dealkylation sites (tertiary alicyclic amines) is 1. The van der Waals surface area contributed by atoms with Crippen LogP contribution in [0.2, 0.25) is 0 Å². The quantitative estimate of drug-likeness (QED) is 0.767. The molecule has 1 saturated heterocycles. The summed E-state index contributed by atoms with van der Waals surface area (Å²) in [4.78, 5) is 24.9. The highest BCUT2D eigenvalue weighted by Gasteiger charge is 2.45. The summed E-state index contributed by atoms with van der Waals surface area (Å²) in [6.07, 6.45) is -2.91. The van der Waals surface area contributed by atoms with Crippen molar-refractivity contribution < 1.29 is 22.8 Å². The highest BCUT2D eigenvalue weighted by atomic mass is 19.4. The Morgan fingerprint density at radius 2 is 1.78 bits per heavy atom. The molecular weight excluding hydrogens is 307 g/mol. The molecule has 0 spiro atoms. The van der Waals surface area contributed by atoms with Crippen molar-refractivity contribution >= 4 is 11.7 Å². The maximum Gasteiger partial charge on any atom is 0.408 e. The molecule has 0 bridgehead atoms. The van der Waals surface area contributed by atoms with Gasteiger partial charge in [-0.25, -0.2) is 0 Å². The maximum absolute atomic E-state index is 13.0. The second-order valence-electron chi connectivity index (χ2n) is 5.78. The van der Waals surface area contributed by atoms with Gasteiger partial charge < -0.3 is 4.90 Å². The lowest BCUT2D eigenvalue weighted by atomic mass is 10.00. The number of hydrogen-bond donors (Lipinski definition) is 0. The van der Waals surface area contributed by atoms with E-state index in [1.165, 1.54) is 0 Å². The van der Waals surface area contributed by atoms with Crippen LogP contribution >= 0.6 is 0 Å². The molecule has 6 heteroatoms. The van der Waals surface area contributed by atoms with E-state index in [0.717, 1.165) is 4.90 Å². The Morgan fingerprint density at radius 3 is 2.43 bits per heavy atom. The summed E-state index contributed by atoms with van der Waals surface area (Å²) in [6, 6.07) is 7.00. The predicted molar refractivity (Wildman–Crippen MR) is 80.0 cm³/mol. The van der Waals surface area contributed by atoms with Gasteiger partial charge in [0.15, 0.2) is 5.78 Å². The molecular formula is C17H20F3NO2. The zero-order valence-corrected chi connectivity index (χ0v) is 12.8. The summed E-state index contributed by atoms with van der Waals surface area (Å²) >= 11 is 0. The van der Waals surface area contributed by atoms with E-state index in [4.69, 9.17) is 0 Å². The first kappa shape index (κ1) is 17.5. The largest absolute Gasteiger partial charge is 0.408 e. The molecule has 3 nitrogen and oxygen atoms in total. The number of alkyl halides is 3. The SMILES string of the molecule is O=C(CCCC(=O)N1CCCCC1C(F)(F)F)c1ccccc1. The van der Waals surface area contributed by atoms with Gasteiger partial charge in [-0.1, -0.05) is 30.3 Å². The number of amides is 1. The van der Waals surface area contributed by atoms with Gasteiger partial charge in [-0.05, 0) is 25.7 Å². The summed E-state index contributed by atoms with van der Waals surface area (Å²) in [5.41, 5.74) is 0.561. The molecule has 1 aliphatic heterocycles. The molecule has 1 aliphatic rings. The molecule has 1 unspecified atom stereocenters. The Bertz CT molecular complexity index is 543. The van der Waals surface area contributed by atoms with E-state index in [-0.39, 0.29) is 38.0 Å². The van der Waals surface area contributed by atoms with Crippen LogP contribution in [0.5, 0.6) is 0 Å². The average Bonchev–Trinajstić information content (AvgIpc) is 2.54. The highest BCUT2D eigenvalue weighted by molar-refractivity contribution is 5.96. The molecule has 1 aromatic carbocycles. The molecule has 0 radical (unpaired) electrons. The van der Waals surface area contributed by atoms with Crippen LogP contribution in [-0.4, -0.2) is 35.4 Å². The first-order valence-electron chi connectivity index (χ1n) is 7.84. The first-order chi connectivity index (χ1) is 10.9. The van der Waals surface area contributed by atoms with Crippen molar-refractivity contribution in [2.24, 2.45) is 0 Å². The standard InChI is InChI=1S/C17H20F3NO2/c18-17(19,20)15-10-4-5-12-21(15)16(23)11-6-9-14(22)13-7-2-1-3-8-13/h1-3,7-8,15H,4-6,9-12H2. The van der Waals surface area contributed by atoms with Gasteiger partial charge in [0, 0.05) is 24.9 Å². The molecule has 0 aromatic heterocycles. The second-order valence-corrected chi connectivity index (χ2v) is 5.78. The van der Waals surface area contributed by atoms with Crippen molar-refractivity contribution in [1.82, 2.24) is 4.90 Å². The van der Waals surface area contributed by atoms with Crippen LogP contribution in [0.3, 0.4) is 0 Å². The molecule has 126 valence electrons. The smallest absolute Gasteiger partial charge is 0.331 e. The number of hydrogen-bond acceptors (Lipinski definition) is 2. The molecule has 1 aromatic rings. The van der Waals surface area contributed by atoms with E-state index >= 15 is 0 Å². The lowest BCUT2D eigenvalue weighted by molar-refractivity contribution is -0.196. The highest BCUT2D eigenvalue weighted by Crippen LogP contribution is 2.32. The van der Waals surface area contributed by atoms with Crippen molar-refractivity contribution in [2.75, 3.05) is 6.54 Å². The molecule has 2 rings (SSSR count). The van der Waals surface area contributed by atoms with Crippen molar-refractivity contribution in [2.45, 2.75) is 50.7 Å². The number of rotatable bonds is 5. The van der Waals surface area contributed by atoms with Crippen molar-refractivity contribution in [3.63, 3.8) is 0 Å². The van der Waals surface area contributed by atoms with E-state index in [1.807, 2.05) is 0 Å². The Balaban J connectivity index is 1.85. The minimum absolute atomic E-state index is 0.0227. The monoisotopic (exact) mass is 327 g/mol. The van der Waals surface area contributed by atoms with Gasteiger partial charge in [0.1, 0.15) is 6.04 Å². The molecule has 1 heterocycles. The van der Waals surface area contributed by atoms with E-state index in [2.05, 4.69) is 0 Å². The fraction of sp³-hybridized carbons (Fsp3) is 0.529. The van der Waals surface area contributed by atoms with Gasteiger partial charge in [0.25, 0.3) is 0 Å². The third kappa shape index (κ3) is 4.81. The molecule has 1 fully saturated rings. The van der Waals surface area contributed by atoms with Crippen LogP contribution in [0, 0.1) is 0 Å². The van der Waals surface area contributed by atoms with Crippen LogP contribution in [-0.2, 0) is 4.79 Å². The van der Waals surface area contributed by atoms with Crippen molar-refractivity contribution in [1.29, 1.82) is 0 Å². The summed E-state index contributed by atoms with van der Waals surface area (Å²) < 4.78 is 38.9. The lowest BCUT2D eigenvalue weighted by Crippen LogP contribution is -2.51. The number of halogens is 3. The van der Waals surface area contributed by atoms with Gasteiger partial charge in [-0.15, -0.1) is 0 Å². The zero-order chi connectivity index (χ0) is 16.9. The minimum Gasteiger partial charge on any atom is -0.331 e. The number of carbonyl (C=O) groups excluding carboxylic acids is 2. The predicted octanol–water partition coefficient (Wildman–Crippen LogP) is 3.98. The minimum atomic E-state index is -4.38. The van der Waals surface area contributed by atoms with Crippen molar-refractivity contribution in [3.05, 3.63) is 35.9 Å². The van der Waals surface area contributed by atoms with E-state index < -0.39 is 18.1 Å². The third-order valence-corrected chi connectivity index (χ3v) is 4.09. The number of nitrogens with zero attached hydrogens (tertiary/aromatic N) is 1. The second kappa shape index (κ2) is 7.62. The Hall–Kier alpha value is -1.85. The normalized spacial score (nSPS) is 18.7. The lowest BCUT2D eigenvalue weighted by Gasteiger charge is -2.36. The van der Waals surface area contributed by atoms with Gasteiger partial charge in [-0.3, -0.25) is 9.59 Å². The molecule has 0 N–H and O–H groups in total. The van der Waals surface area contributed by atoms with Gasteiger partial charge in [-0.2, -0.15) is 13.2 Å². The van der Waals surface area contributed by atoms with Gasteiger partial charge >= 0.3 is 6.18 Å². The summed E-state index contributed by atoms with van der Waals surface area (Å²) in [5, 5.41) is 0. The van der Waals surface area contributed by atoms with Crippen molar-refractivity contribution in [3.8, 4) is 0 Å². The Kier molecular flexibility index (Phi) is 5.80. The van der Waals surface area contributed by atoms with Crippen LogP contribution in [0.15, 0.2) is 30.3 Å². The average molecular weight is 327 g/mol.